The molecule has 3 aromatic rings. The Morgan fingerprint density at radius 3 is 2.15 bits per heavy atom. The van der Waals surface area contributed by atoms with Crippen molar-refractivity contribution in [2.45, 2.75) is 145 Å². The number of esters is 2. The summed E-state index contributed by atoms with van der Waals surface area (Å²) in [6.45, 7) is 23.9. The number of carbonyl (C=O) groups is 4. The number of methoxy groups -OCH3 is 1. The molecule has 1 fully saturated rings. The molecule has 5 heterocycles. The van der Waals surface area contributed by atoms with Crippen LogP contribution in [-0.4, -0.2) is 58.7 Å². The fraction of sp³-hybridized carbons (Fsp3) is 0.527. The lowest BCUT2D eigenvalue weighted by molar-refractivity contribution is -0.142. The van der Waals surface area contributed by atoms with Gasteiger partial charge < -0.3 is 29.7 Å². The quantitative estimate of drug-likeness (QED) is 0.0361. The standard InChI is InChI=1S/C55H74N4O6/c1-12-38-35(8)42-27-43-36(9)40(23-24-48(61)65-26-25-34(7)22-16-21-33(6)20-15-19-32(5)18-14-17-31(3)4)52(58-43)50-51(55(63)64-11)54(62)49-37(10)44(59-53(49)50)28-46-39(13-2)41(30-60)47(57-46)29-45(38)56-42/h12,25,27-33,36,40,52,56-59H,1,13-24,26H2,2-11H3/b34-25-,43-27-,46-28-,47-29-/t32-,33-,36+,40+,52?/m1/s1. The Hall–Kier alpha value is -5.38. The van der Waals surface area contributed by atoms with Gasteiger partial charge >= 0.3 is 11.9 Å². The van der Waals surface area contributed by atoms with Crippen LogP contribution in [0.2, 0.25) is 0 Å². The number of ketones is 1. The summed E-state index contributed by atoms with van der Waals surface area (Å²) >= 11 is 0. The van der Waals surface area contributed by atoms with Crippen molar-refractivity contribution >= 4 is 53.9 Å². The maximum atomic E-state index is 14.4. The average molecular weight is 887 g/mol. The second-order valence-electron chi connectivity index (χ2n) is 19.6. The Morgan fingerprint density at radius 1 is 0.846 bits per heavy atom. The smallest absolute Gasteiger partial charge is 0.342 e. The van der Waals surface area contributed by atoms with Gasteiger partial charge in [0.15, 0.2) is 6.29 Å². The van der Waals surface area contributed by atoms with Crippen molar-refractivity contribution in [2.24, 2.45) is 29.6 Å². The van der Waals surface area contributed by atoms with Gasteiger partial charge in [-0.15, -0.1) is 0 Å². The zero-order valence-electron chi connectivity index (χ0n) is 40.8. The van der Waals surface area contributed by atoms with E-state index >= 15 is 0 Å². The number of hydrogen-bond acceptors (Lipinski definition) is 7. The van der Waals surface area contributed by atoms with Gasteiger partial charge in [0.05, 0.1) is 29.8 Å². The van der Waals surface area contributed by atoms with E-state index in [1.807, 2.05) is 45.1 Å². The summed E-state index contributed by atoms with van der Waals surface area (Å²) in [5, 5.41) is 5.14. The van der Waals surface area contributed by atoms with Gasteiger partial charge in [0.1, 0.15) is 12.2 Å². The van der Waals surface area contributed by atoms with Gasteiger partial charge in [-0.05, 0) is 111 Å². The maximum absolute atomic E-state index is 14.4. The van der Waals surface area contributed by atoms with Crippen molar-refractivity contribution in [1.82, 2.24) is 20.3 Å². The lowest BCUT2D eigenvalue weighted by Gasteiger charge is -2.23. The normalized spacial score (nSPS) is 20.7. The van der Waals surface area contributed by atoms with Crippen molar-refractivity contribution in [3.8, 4) is 0 Å². The molecule has 3 aromatic heterocycles. The third-order valence-corrected chi connectivity index (χ3v) is 14.5. The first kappa shape index (κ1) is 49.1. The molecule has 1 unspecified atom stereocenters. The molecule has 350 valence electrons. The Kier molecular flexibility index (Phi) is 16.4. The van der Waals surface area contributed by atoms with E-state index in [0.717, 1.165) is 70.1 Å². The third-order valence-electron chi connectivity index (χ3n) is 14.5. The summed E-state index contributed by atoms with van der Waals surface area (Å²) in [5.41, 5.74) is 9.95. The molecule has 1 saturated heterocycles. The van der Waals surface area contributed by atoms with E-state index in [2.05, 4.69) is 74.5 Å². The highest BCUT2D eigenvalue weighted by molar-refractivity contribution is 6.34. The van der Waals surface area contributed by atoms with Gasteiger partial charge in [0, 0.05) is 57.2 Å². The molecule has 5 atom stereocenters. The Labute approximate surface area is 386 Å². The number of nitrogens with one attached hydrogen (secondary N) is 4. The zero-order chi connectivity index (χ0) is 47.1. The van der Waals surface area contributed by atoms with E-state index in [1.54, 1.807) is 0 Å². The van der Waals surface area contributed by atoms with E-state index < -0.39 is 17.8 Å². The zero-order valence-corrected chi connectivity index (χ0v) is 40.8. The van der Waals surface area contributed by atoms with Gasteiger partial charge in [-0.2, -0.15) is 0 Å². The molecular formula is C55H74N4O6. The molecule has 4 N–H and O–H groups in total. The molecule has 0 aromatic carbocycles. The Bertz CT molecular complexity index is 2500. The minimum absolute atomic E-state index is 0.0123. The summed E-state index contributed by atoms with van der Waals surface area (Å²) in [5.74, 6) is 0.611. The number of allylic oxidation sites excluding steroid dienone is 2. The number of aldehydes is 1. The van der Waals surface area contributed by atoms with Crippen LogP contribution in [0.3, 0.4) is 0 Å². The molecule has 6 rings (SSSR count). The first-order valence-corrected chi connectivity index (χ1v) is 24.3. The number of carbonyl (C=O) groups excluding carboxylic acids is 4. The predicted octanol–water partition coefficient (Wildman–Crippen LogP) is 10.4. The number of hydrogen-bond donors (Lipinski definition) is 4. The lowest BCUT2D eigenvalue weighted by atomic mass is 9.82. The van der Waals surface area contributed by atoms with Crippen LogP contribution in [0.25, 0.3) is 29.9 Å². The van der Waals surface area contributed by atoms with Crippen LogP contribution >= 0.6 is 0 Å². The Morgan fingerprint density at radius 2 is 1.51 bits per heavy atom. The van der Waals surface area contributed by atoms with Gasteiger partial charge in [-0.25, -0.2) is 4.79 Å². The summed E-state index contributed by atoms with van der Waals surface area (Å²) in [6, 6.07) is -0.519. The molecule has 0 amide bonds. The summed E-state index contributed by atoms with van der Waals surface area (Å²) < 4.78 is 11.1. The lowest BCUT2D eigenvalue weighted by Crippen LogP contribution is -2.31. The first-order chi connectivity index (χ1) is 31.1. The van der Waals surface area contributed by atoms with Gasteiger partial charge in [-0.3, -0.25) is 14.4 Å². The van der Waals surface area contributed by atoms with Crippen molar-refractivity contribution < 1.29 is 28.7 Å². The van der Waals surface area contributed by atoms with E-state index in [1.165, 1.54) is 57.6 Å². The van der Waals surface area contributed by atoms with Crippen molar-refractivity contribution in [1.29, 1.82) is 0 Å². The van der Waals surface area contributed by atoms with E-state index in [-0.39, 0.29) is 36.4 Å². The number of H-pyrrole nitrogens is 3. The molecule has 65 heavy (non-hydrogen) atoms. The minimum atomic E-state index is -0.706. The minimum Gasteiger partial charge on any atom is -0.465 e. The largest absolute Gasteiger partial charge is 0.465 e. The molecule has 10 nitrogen and oxygen atoms in total. The van der Waals surface area contributed by atoms with Gasteiger partial charge in [0.25, 0.3) is 0 Å². The van der Waals surface area contributed by atoms with E-state index in [9.17, 15) is 19.2 Å². The SMILES string of the molecule is C=Cc1c2[nH]c(c1C)/C=C1\NC(C3=C(C(=O)OC)C(=O)c4c3[nH]c(c4C)/C=c3\[nH]/c(c(C=O)c3CC)=C\2)[C@@H](CCC(=O)OC/C=C(/C)CCC[C@H](C)CCC[C@H](C)CCCC(C)C)[C@@H]1C. The number of rotatable bonds is 21. The summed E-state index contributed by atoms with van der Waals surface area (Å²) in [6.07, 6.45) is 23.1. The van der Waals surface area contributed by atoms with Gasteiger partial charge in [0.2, 0.25) is 5.78 Å². The van der Waals surface area contributed by atoms with Crippen molar-refractivity contribution in [2.75, 3.05) is 13.7 Å². The molecule has 0 saturated carbocycles. The molecule has 3 aliphatic rings. The number of aromatic nitrogens is 3. The highest BCUT2D eigenvalue weighted by Gasteiger charge is 2.47. The molecule has 0 spiro atoms. The molecule has 10 heteroatoms. The number of fused-ring (bicyclic) bond motifs is 8. The summed E-state index contributed by atoms with van der Waals surface area (Å²) in [4.78, 5) is 64.6. The third kappa shape index (κ3) is 10.8. The first-order valence-electron chi connectivity index (χ1n) is 24.3. The molecule has 8 bridgehead atoms. The predicted molar refractivity (Wildman–Crippen MR) is 263 cm³/mol. The number of aromatic amines is 3. The van der Waals surface area contributed by atoms with E-state index in [0.29, 0.717) is 57.8 Å². The maximum Gasteiger partial charge on any atom is 0.342 e. The Balaban J connectivity index is 1.22. The molecule has 1 aliphatic carbocycles. The fourth-order valence-corrected chi connectivity index (χ4v) is 10.5. The second-order valence-corrected chi connectivity index (χ2v) is 19.6. The van der Waals surface area contributed by atoms with Crippen LogP contribution in [0.15, 0.2) is 29.5 Å². The molecule has 0 radical (unpaired) electrons. The average Bonchev–Trinajstić information content (AvgIpc) is 4.02. The van der Waals surface area contributed by atoms with Crippen LogP contribution in [0.1, 0.15) is 185 Å². The second kappa shape index (κ2) is 21.7. The van der Waals surface area contributed by atoms with Crippen molar-refractivity contribution in [3.05, 3.63) is 96.4 Å². The monoisotopic (exact) mass is 887 g/mol. The topological polar surface area (TPSA) is 146 Å². The number of ether oxygens (including phenoxy) is 2. The number of Topliss-reactive ketones (excluding diaryl/α,β-unsaturated/α-hetero) is 1. The van der Waals surface area contributed by atoms with Crippen LogP contribution in [0, 0.1) is 43.4 Å². The molecular weight excluding hydrogens is 813 g/mol. The highest BCUT2D eigenvalue weighted by Crippen LogP contribution is 2.46. The van der Waals surface area contributed by atoms with E-state index in [4.69, 9.17) is 9.47 Å². The van der Waals surface area contributed by atoms with Crippen LogP contribution < -0.4 is 16.0 Å². The van der Waals surface area contributed by atoms with Crippen LogP contribution in [-0.2, 0) is 25.5 Å². The summed E-state index contributed by atoms with van der Waals surface area (Å²) in [7, 11) is 1.29. The van der Waals surface area contributed by atoms with Crippen molar-refractivity contribution in [3.63, 3.8) is 0 Å². The molecule has 2 aliphatic heterocycles. The highest BCUT2D eigenvalue weighted by atomic mass is 16.5. The van der Waals surface area contributed by atoms with Crippen LogP contribution in [0.4, 0.5) is 0 Å². The fourth-order valence-electron chi connectivity index (χ4n) is 10.5. The van der Waals surface area contributed by atoms with Gasteiger partial charge in [-0.1, -0.05) is 105 Å². The van der Waals surface area contributed by atoms with Crippen LogP contribution in [0.5, 0.6) is 0 Å².